The molecule has 3 unspecified atom stereocenters. The van der Waals surface area contributed by atoms with Crippen LogP contribution in [0.2, 0.25) is 0 Å². The van der Waals surface area contributed by atoms with Crippen LogP contribution in [0.5, 0.6) is 0 Å². The van der Waals surface area contributed by atoms with E-state index in [9.17, 15) is 0 Å². The molecule has 3 atom stereocenters. The van der Waals surface area contributed by atoms with Crippen LogP contribution in [0.1, 0.15) is 106 Å². The van der Waals surface area contributed by atoms with Crippen LogP contribution in [-0.2, 0) is 5.41 Å². The maximum Gasteiger partial charge on any atom is 0.0543 e. The van der Waals surface area contributed by atoms with Gasteiger partial charge < -0.3 is 4.90 Å². The van der Waals surface area contributed by atoms with E-state index in [0.29, 0.717) is 11.8 Å². The van der Waals surface area contributed by atoms with E-state index in [1.165, 1.54) is 141 Å². The molecule has 7 aromatic carbocycles. The predicted octanol–water partition coefficient (Wildman–Crippen LogP) is 15.4. The van der Waals surface area contributed by atoms with Crippen LogP contribution >= 0.6 is 0 Å². The third-order valence-electron chi connectivity index (χ3n) is 14.5. The minimum Gasteiger partial charge on any atom is -0.310 e. The molecule has 0 radical (unpaired) electrons. The average molecular weight is 714 g/mol. The van der Waals surface area contributed by atoms with Gasteiger partial charge in [0, 0.05) is 22.4 Å². The highest BCUT2D eigenvalue weighted by Gasteiger charge is 2.40. The Morgan fingerprint density at radius 2 is 1.24 bits per heavy atom. The van der Waals surface area contributed by atoms with E-state index in [0.717, 1.165) is 11.8 Å². The highest BCUT2D eigenvalue weighted by atomic mass is 15.1. The number of fused-ring (bicyclic) bond motifs is 7. The number of benzene rings is 7. The van der Waals surface area contributed by atoms with Crippen molar-refractivity contribution < 1.29 is 0 Å². The molecule has 0 aromatic heterocycles. The lowest BCUT2D eigenvalue weighted by atomic mass is 9.81. The van der Waals surface area contributed by atoms with Gasteiger partial charge in [0.15, 0.2) is 0 Å². The predicted molar refractivity (Wildman–Crippen MR) is 233 cm³/mol. The Labute approximate surface area is 327 Å². The second-order valence-electron chi connectivity index (χ2n) is 17.9. The van der Waals surface area contributed by atoms with E-state index in [1.54, 1.807) is 0 Å². The summed E-state index contributed by atoms with van der Waals surface area (Å²) in [6, 6.07) is 54.2. The molecule has 4 aliphatic carbocycles. The lowest BCUT2D eigenvalue weighted by Crippen LogP contribution is -2.17. The molecule has 1 heteroatoms. The van der Waals surface area contributed by atoms with Crippen LogP contribution in [0.25, 0.3) is 43.8 Å². The van der Waals surface area contributed by atoms with Gasteiger partial charge in [-0.3, -0.25) is 0 Å². The van der Waals surface area contributed by atoms with Gasteiger partial charge in [-0.15, -0.1) is 0 Å². The number of nitrogens with zero attached hydrogens (tertiary/aromatic N) is 1. The molecule has 7 aromatic rings. The molecule has 11 rings (SSSR count). The van der Waals surface area contributed by atoms with Crippen LogP contribution in [0.4, 0.5) is 17.1 Å². The van der Waals surface area contributed by atoms with Crippen molar-refractivity contribution in [3.05, 3.63) is 162 Å². The Hall–Kier alpha value is -5.14. The second kappa shape index (κ2) is 13.0. The first-order chi connectivity index (χ1) is 27.0. The van der Waals surface area contributed by atoms with Crippen LogP contribution < -0.4 is 4.90 Å². The maximum absolute atomic E-state index is 2.59. The normalized spacial score (nSPS) is 21.2. The van der Waals surface area contributed by atoms with Gasteiger partial charge in [-0.1, -0.05) is 143 Å². The van der Waals surface area contributed by atoms with E-state index < -0.39 is 0 Å². The number of hydrogen-bond acceptors (Lipinski definition) is 1. The van der Waals surface area contributed by atoms with Crippen molar-refractivity contribution in [1.29, 1.82) is 0 Å². The van der Waals surface area contributed by atoms with Gasteiger partial charge >= 0.3 is 0 Å². The van der Waals surface area contributed by atoms with Crippen LogP contribution in [0.15, 0.2) is 140 Å². The first-order valence-corrected chi connectivity index (χ1v) is 21.2. The fourth-order valence-electron chi connectivity index (χ4n) is 11.6. The van der Waals surface area contributed by atoms with Crippen molar-refractivity contribution >= 4 is 38.6 Å². The highest BCUT2D eigenvalue weighted by Crippen LogP contribution is 2.55. The zero-order chi connectivity index (χ0) is 36.7. The molecule has 0 amide bonds. The van der Waals surface area contributed by atoms with Crippen molar-refractivity contribution in [3.8, 4) is 22.3 Å². The molecule has 55 heavy (non-hydrogen) atoms. The lowest BCUT2D eigenvalue weighted by molar-refractivity contribution is 0.420. The van der Waals surface area contributed by atoms with Crippen molar-refractivity contribution in [1.82, 2.24) is 0 Å². The molecule has 3 saturated carbocycles. The molecule has 3 fully saturated rings. The zero-order valence-electron chi connectivity index (χ0n) is 32.4. The number of anilines is 3. The Kier molecular flexibility index (Phi) is 7.84. The average Bonchev–Trinajstić information content (AvgIpc) is 3.94. The molecular weight excluding hydrogens is 663 g/mol. The summed E-state index contributed by atoms with van der Waals surface area (Å²) in [5, 5.41) is 5.22. The van der Waals surface area contributed by atoms with Crippen molar-refractivity contribution in [2.75, 3.05) is 4.90 Å². The zero-order valence-corrected chi connectivity index (χ0v) is 32.4. The molecule has 0 spiro atoms. The summed E-state index contributed by atoms with van der Waals surface area (Å²) >= 11 is 0. The number of hydrogen-bond donors (Lipinski definition) is 0. The third-order valence-corrected chi connectivity index (χ3v) is 14.5. The molecule has 272 valence electrons. The summed E-state index contributed by atoms with van der Waals surface area (Å²) in [7, 11) is 0. The fourth-order valence-corrected chi connectivity index (χ4v) is 11.6. The Bertz CT molecular complexity index is 2580. The minimum absolute atomic E-state index is 0.118. The monoisotopic (exact) mass is 713 g/mol. The first-order valence-electron chi connectivity index (χ1n) is 21.2. The van der Waals surface area contributed by atoms with E-state index in [-0.39, 0.29) is 5.41 Å². The lowest BCUT2D eigenvalue weighted by Gasteiger charge is -2.31. The summed E-state index contributed by atoms with van der Waals surface area (Å²) in [5.41, 5.74) is 14.7. The largest absolute Gasteiger partial charge is 0.310 e. The third kappa shape index (κ3) is 5.48. The fraction of sp³-hybridized carbons (Fsp3) is 0.296. The van der Waals surface area contributed by atoms with Gasteiger partial charge in [0.1, 0.15) is 0 Å². The summed E-state index contributed by atoms with van der Waals surface area (Å²) in [4.78, 5) is 2.59. The summed E-state index contributed by atoms with van der Waals surface area (Å²) in [5.74, 6) is 3.19. The maximum atomic E-state index is 2.59. The van der Waals surface area contributed by atoms with Gasteiger partial charge in [-0.2, -0.15) is 0 Å². The smallest absolute Gasteiger partial charge is 0.0543 e. The molecule has 0 saturated heterocycles. The standard InChI is InChI=1S/C54H51N/c1-54(2)51-18-9-8-16-47(51)49-33-50(46-17-10-14-38-13-6-7-15-45(38)46)53(34-52(49)54)55(43-26-24-39(25-27-43)48-30-35-19-20-41(48)29-35)44-28-23-37-21-22-40(31-42(37)32-44)36-11-4-3-5-12-36/h6-10,13-18,21-28,31-36,41,48H,3-5,11-12,19-20,29-30H2,1-2H3. The van der Waals surface area contributed by atoms with Gasteiger partial charge in [-0.25, -0.2) is 0 Å². The van der Waals surface area contributed by atoms with Gasteiger partial charge in [0.2, 0.25) is 0 Å². The van der Waals surface area contributed by atoms with Crippen molar-refractivity contribution in [2.24, 2.45) is 11.8 Å². The molecule has 0 heterocycles. The van der Waals surface area contributed by atoms with E-state index in [4.69, 9.17) is 0 Å². The first kappa shape index (κ1) is 33.2. The van der Waals surface area contributed by atoms with E-state index in [2.05, 4.69) is 158 Å². The summed E-state index contributed by atoms with van der Waals surface area (Å²) in [6.45, 7) is 4.83. The molecule has 2 bridgehead atoms. The van der Waals surface area contributed by atoms with Gasteiger partial charge in [0.05, 0.1) is 5.69 Å². The molecule has 4 aliphatic rings. The molecular formula is C54H51N. The number of rotatable bonds is 6. The molecule has 1 nitrogen and oxygen atoms in total. The quantitative estimate of drug-likeness (QED) is 0.166. The SMILES string of the molecule is CC1(C)c2ccccc2-c2cc(-c3cccc4ccccc34)c(N(c3ccc(C4CC5CCC4C5)cc3)c3ccc4ccc(C5CCCCC5)cc4c3)cc21. The molecule has 0 aliphatic heterocycles. The minimum atomic E-state index is -0.118. The summed E-state index contributed by atoms with van der Waals surface area (Å²) < 4.78 is 0. The molecule has 0 N–H and O–H groups in total. The Morgan fingerprint density at radius 3 is 2.07 bits per heavy atom. The Morgan fingerprint density at radius 1 is 0.491 bits per heavy atom. The van der Waals surface area contributed by atoms with Gasteiger partial charge in [0.25, 0.3) is 0 Å². The van der Waals surface area contributed by atoms with E-state index >= 15 is 0 Å². The van der Waals surface area contributed by atoms with Crippen LogP contribution in [-0.4, -0.2) is 0 Å². The van der Waals surface area contributed by atoms with E-state index in [1.807, 2.05) is 0 Å². The van der Waals surface area contributed by atoms with Crippen LogP contribution in [0, 0.1) is 11.8 Å². The van der Waals surface area contributed by atoms with Crippen molar-refractivity contribution in [3.63, 3.8) is 0 Å². The summed E-state index contributed by atoms with van der Waals surface area (Å²) in [6.07, 6.45) is 12.4. The highest BCUT2D eigenvalue weighted by molar-refractivity contribution is 6.04. The topological polar surface area (TPSA) is 3.24 Å². The van der Waals surface area contributed by atoms with Gasteiger partial charge in [-0.05, 0) is 153 Å². The van der Waals surface area contributed by atoms with Crippen LogP contribution in [0.3, 0.4) is 0 Å². The van der Waals surface area contributed by atoms with Crippen molar-refractivity contribution in [2.45, 2.75) is 88.9 Å². The Balaban J connectivity index is 1.14. The second-order valence-corrected chi connectivity index (χ2v) is 17.9.